The van der Waals surface area contributed by atoms with E-state index < -0.39 is 17.6 Å². The molecule has 0 atom stereocenters. The predicted octanol–water partition coefficient (Wildman–Crippen LogP) is 6.48. The average Bonchev–Trinajstić information content (AvgIpc) is 2.83. The van der Waals surface area contributed by atoms with Gasteiger partial charge in [0.15, 0.2) is 11.5 Å². The maximum Gasteiger partial charge on any atom is 0.416 e. The van der Waals surface area contributed by atoms with Gasteiger partial charge in [-0.3, -0.25) is 4.79 Å². The molecule has 0 radical (unpaired) electrons. The number of nitrogens with zero attached hydrogens (tertiary/aromatic N) is 1. The highest BCUT2D eigenvalue weighted by molar-refractivity contribution is 6.45. The van der Waals surface area contributed by atoms with Crippen molar-refractivity contribution in [2.75, 3.05) is 14.2 Å². The molecule has 0 saturated heterocycles. The van der Waals surface area contributed by atoms with Crippen molar-refractivity contribution < 1.29 is 32.3 Å². The van der Waals surface area contributed by atoms with Gasteiger partial charge in [-0.15, -0.1) is 0 Å². The molecule has 3 aromatic rings. The number of rotatable bonds is 8. The second kappa shape index (κ2) is 11.3. The van der Waals surface area contributed by atoms with Crippen LogP contribution in [-0.2, 0) is 22.4 Å². The van der Waals surface area contributed by atoms with Gasteiger partial charge in [-0.25, -0.2) is 0 Å². The van der Waals surface area contributed by atoms with Crippen LogP contribution in [0.2, 0.25) is 10.0 Å². The number of amides is 1. The Labute approximate surface area is 209 Å². The lowest BCUT2D eigenvalue weighted by molar-refractivity contribution is -0.137. The number of oxime groups is 1. The maximum atomic E-state index is 12.8. The summed E-state index contributed by atoms with van der Waals surface area (Å²) in [6.45, 7) is 0.0433. The van der Waals surface area contributed by atoms with Gasteiger partial charge >= 0.3 is 6.18 Å². The van der Waals surface area contributed by atoms with E-state index >= 15 is 0 Å². The van der Waals surface area contributed by atoms with Gasteiger partial charge in [0, 0.05) is 24.7 Å². The first-order chi connectivity index (χ1) is 16.6. The molecule has 0 fully saturated rings. The minimum absolute atomic E-state index is 0.0433. The fraction of sp³-hybridized carbons (Fsp3) is 0.167. The van der Waals surface area contributed by atoms with Gasteiger partial charge in [0.25, 0.3) is 5.91 Å². The molecular weight excluding hydrogens is 508 g/mol. The van der Waals surface area contributed by atoms with Crippen LogP contribution in [0.3, 0.4) is 0 Å². The lowest BCUT2D eigenvalue weighted by Gasteiger charge is -2.15. The van der Waals surface area contributed by atoms with E-state index in [9.17, 15) is 18.0 Å². The minimum atomic E-state index is -4.46. The topological polar surface area (TPSA) is 69.2 Å². The molecule has 3 rings (SSSR count). The van der Waals surface area contributed by atoms with Crippen LogP contribution < -0.4 is 14.8 Å². The Kier molecular flexibility index (Phi) is 8.48. The Morgan fingerprint density at radius 2 is 1.63 bits per heavy atom. The molecule has 0 aliphatic carbocycles. The SMILES string of the molecule is CNC(=O)/C(=N/OC)c1ccccc1COc1cc(Cl)c(Oc2ccc(C(F)(F)F)cc2)c(Cl)c1. The molecule has 0 bridgehead atoms. The third kappa shape index (κ3) is 6.58. The molecular formula is C24H19Cl2F3N2O4. The van der Waals surface area contributed by atoms with E-state index in [1.807, 2.05) is 0 Å². The number of hydrogen-bond donors (Lipinski definition) is 1. The molecule has 0 saturated carbocycles. The number of carbonyl (C=O) groups excluding carboxylic acids is 1. The third-order valence-electron chi connectivity index (χ3n) is 4.66. The van der Waals surface area contributed by atoms with Crippen molar-refractivity contribution in [1.29, 1.82) is 0 Å². The van der Waals surface area contributed by atoms with Crippen molar-refractivity contribution in [1.82, 2.24) is 5.32 Å². The molecule has 184 valence electrons. The van der Waals surface area contributed by atoms with Gasteiger partial charge < -0.3 is 19.6 Å². The Hall–Kier alpha value is -3.43. The molecule has 0 unspecified atom stereocenters. The summed E-state index contributed by atoms with van der Waals surface area (Å²) >= 11 is 12.6. The smallest absolute Gasteiger partial charge is 0.416 e. The van der Waals surface area contributed by atoms with E-state index in [0.29, 0.717) is 16.9 Å². The summed E-state index contributed by atoms with van der Waals surface area (Å²) in [6.07, 6.45) is -4.46. The molecule has 0 heterocycles. The normalized spacial score (nSPS) is 11.7. The number of nitrogens with one attached hydrogen (secondary N) is 1. The fourth-order valence-electron chi connectivity index (χ4n) is 3.01. The molecule has 6 nitrogen and oxygen atoms in total. The highest BCUT2D eigenvalue weighted by Crippen LogP contribution is 2.40. The van der Waals surface area contributed by atoms with Crippen LogP contribution in [0.4, 0.5) is 13.2 Å². The molecule has 1 N–H and O–H groups in total. The van der Waals surface area contributed by atoms with Crippen molar-refractivity contribution in [3.8, 4) is 17.2 Å². The fourth-order valence-corrected chi connectivity index (χ4v) is 3.55. The number of hydrogen-bond acceptors (Lipinski definition) is 5. The Bertz CT molecular complexity index is 1210. The summed E-state index contributed by atoms with van der Waals surface area (Å²) in [6, 6.07) is 14.0. The number of carbonyl (C=O) groups is 1. The first-order valence-electron chi connectivity index (χ1n) is 10.0. The molecule has 35 heavy (non-hydrogen) atoms. The summed E-state index contributed by atoms with van der Waals surface area (Å²) < 4.78 is 49.6. The number of ether oxygens (including phenoxy) is 2. The summed E-state index contributed by atoms with van der Waals surface area (Å²) in [5.74, 6) is 0.0634. The van der Waals surface area contributed by atoms with E-state index in [1.54, 1.807) is 24.3 Å². The van der Waals surface area contributed by atoms with Crippen LogP contribution in [0.25, 0.3) is 0 Å². The average molecular weight is 527 g/mol. The van der Waals surface area contributed by atoms with Gasteiger partial charge in [-0.1, -0.05) is 52.6 Å². The van der Waals surface area contributed by atoms with E-state index in [2.05, 4.69) is 10.5 Å². The Balaban J connectivity index is 1.78. The second-order valence-electron chi connectivity index (χ2n) is 6.99. The largest absolute Gasteiger partial charge is 0.489 e. The van der Waals surface area contributed by atoms with Crippen LogP contribution >= 0.6 is 23.2 Å². The molecule has 0 spiro atoms. The number of benzene rings is 3. The van der Waals surface area contributed by atoms with Gasteiger partial charge in [0.1, 0.15) is 25.2 Å². The molecule has 11 heteroatoms. The van der Waals surface area contributed by atoms with Crippen LogP contribution in [0.15, 0.2) is 65.8 Å². The van der Waals surface area contributed by atoms with E-state index in [4.69, 9.17) is 37.5 Å². The number of alkyl halides is 3. The van der Waals surface area contributed by atoms with Crippen molar-refractivity contribution in [3.63, 3.8) is 0 Å². The summed E-state index contributed by atoms with van der Waals surface area (Å²) in [4.78, 5) is 17.0. The zero-order valence-electron chi connectivity index (χ0n) is 18.5. The van der Waals surface area contributed by atoms with Crippen LogP contribution in [-0.4, -0.2) is 25.8 Å². The zero-order chi connectivity index (χ0) is 25.6. The van der Waals surface area contributed by atoms with Gasteiger partial charge in [0.2, 0.25) is 0 Å². The van der Waals surface area contributed by atoms with Gasteiger partial charge in [-0.05, 0) is 29.8 Å². The molecule has 3 aromatic carbocycles. The first kappa shape index (κ1) is 26.2. The van der Waals surface area contributed by atoms with E-state index in [-0.39, 0.29) is 33.9 Å². The maximum absolute atomic E-state index is 12.8. The van der Waals surface area contributed by atoms with E-state index in [1.165, 1.54) is 38.4 Å². The predicted molar refractivity (Wildman–Crippen MR) is 126 cm³/mol. The standard InChI is InChI=1S/C24H19Cl2F3N2O4/c1-30-23(32)21(31-33-2)18-6-4-3-5-14(18)13-34-17-11-19(25)22(20(26)12-17)35-16-9-7-15(8-10-16)24(27,28)29/h3-12H,13H2,1-2H3,(H,30,32)/b31-21+. The van der Waals surface area contributed by atoms with Crippen molar-refractivity contribution >= 4 is 34.8 Å². The molecule has 0 aliphatic heterocycles. The molecule has 1 amide bonds. The number of halogens is 5. The van der Waals surface area contributed by atoms with Crippen molar-refractivity contribution in [3.05, 3.63) is 87.4 Å². The zero-order valence-corrected chi connectivity index (χ0v) is 20.0. The highest BCUT2D eigenvalue weighted by Gasteiger charge is 2.30. The Morgan fingerprint density at radius 3 is 2.20 bits per heavy atom. The lowest BCUT2D eigenvalue weighted by atomic mass is 10.0. The quantitative estimate of drug-likeness (QED) is 0.269. The van der Waals surface area contributed by atoms with Gasteiger partial charge in [-0.2, -0.15) is 13.2 Å². The van der Waals surface area contributed by atoms with E-state index in [0.717, 1.165) is 12.1 Å². The van der Waals surface area contributed by atoms with Crippen molar-refractivity contribution in [2.45, 2.75) is 12.8 Å². The summed E-state index contributed by atoms with van der Waals surface area (Å²) in [5, 5.41) is 6.49. The lowest BCUT2D eigenvalue weighted by Crippen LogP contribution is -2.29. The molecule has 0 aromatic heterocycles. The van der Waals surface area contributed by atoms with Crippen LogP contribution in [0.5, 0.6) is 17.2 Å². The minimum Gasteiger partial charge on any atom is -0.489 e. The number of likely N-dealkylation sites (N-methyl/N-ethyl adjacent to an activating group) is 1. The summed E-state index contributed by atoms with van der Waals surface area (Å²) in [5.41, 5.74) is 0.420. The van der Waals surface area contributed by atoms with Gasteiger partial charge in [0.05, 0.1) is 15.6 Å². The highest BCUT2D eigenvalue weighted by atomic mass is 35.5. The Morgan fingerprint density at radius 1 is 1.00 bits per heavy atom. The van der Waals surface area contributed by atoms with Crippen LogP contribution in [0.1, 0.15) is 16.7 Å². The monoisotopic (exact) mass is 526 g/mol. The third-order valence-corrected chi connectivity index (χ3v) is 5.23. The van der Waals surface area contributed by atoms with Crippen LogP contribution in [0, 0.1) is 0 Å². The second-order valence-corrected chi connectivity index (χ2v) is 7.80. The van der Waals surface area contributed by atoms with Crippen molar-refractivity contribution in [2.24, 2.45) is 5.16 Å². The summed E-state index contributed by atoms with van der Waals surface area (Å²) in [7, 11) is 2.81. The molecule has 0 aliphatic rings. The first-order valence-corrected chi connectivity index (χ1v) is 10.8.